The van der Waals surface area contributed by atoms with Gasteiger partial charge in [-0.3, -0.25) is 9.79 Å². The van der Waals surface area contributed by atoms with E-state index in [1.807, 2.05) is 0 Å². The van der Waals surface area contributed by atoms with Crippen molar-refractivity contribution < 1.29 is 4.79 Å². The summed E-state index contributed by atoms with van der Waals surface area (Å²) in [6.45, 7) is 5.42. The van der Waals surface area contributed by atoms with Gasteiger partial charge in [0.05, 0.1) is 4.88 Å². The molecule has 0 spiro atoms. The number of aryl methyl sites for hydroxylation is 1. The number of rotatable bonds is 9. The van der Waals surface area contributed by atoms with E-state index >= 15 is 0 Å². The number of carbonyl (C=O) groups is 1. The van der Waals surface area contributed by atoms with E-state index in [1.54, 1.807) is 11.3 Å². The Morgan fingerprint density at radius 3 is 2.91 bits per heavy atom. The van der Waals surface area contributed by atoms with Gasteiger partial charge in [0.25, 0.3) is 5.91 Å². The highest BCUT2D eigenvalue weighted by atomic mass is 32.1. The van der Waals surface area contributed by atoms with Crippen LogP contribution in [-0.4, -0.2) is 18.7 Å². The van der Waals surface area contributed by atoms with Crippen molar-refractivity contribution in [3.63, 3.8) is 0 Å². The van der Waals surface area contributed by atoms with Crippen LogP contribution in [0.5, 0.6) is 0 Å². The molecule has 0 saturated carbocycles. The van der Waals surface area contributed by atoms with Crippen LogP contribution < -0.4 is 5.73 Å². The Morgan fingerprint density at radius 2 is 2.17 bits per heavy atom. The van der Waals surface area contributed by atoms with Crippen molar-refractivity contribution >= 4 is 23.5 Å². The second kappa shape index (κ2) is 9.21. The quantitative estimate of drug-likeness (QED) is 0.522. The van der Waals surface area contributed by atoms with Crippen molar-refractivity contribution in [2.45, 2.75) is 71.6 Å². The van der Waals surface area contributed by atoms with Crippen LogP contribution in [0.4, 0.5) is 0 Å². The van der Waals surface area contributed by atoms with Crippen LogP contribution in [0.3, 0.4) is 0 Å². The Labute approximate surface area is 144 Å². The highest BCUT2D eigenvalue weighted by Gasteiger charge is 2.22. The topological polar surface area (TPSA) is 55.4 Å². The zero-order valence-corrected chi connectivity index (χ0v) is 15.4. The first-order chi connectivity index (χ1) is 11.1. The minimum atomic E-state index is -0.249. The fourth-order valence-corrected chi connectivity index (χ4v) is 4.69. The van der Waals surface area contributed by atoms with Crippen LogP contribution in [-0.2, 0) is 19.3 Å². The van der Waals surface area contributed by atoms with Crippen molar-refractivity contribution in [1.82, 2.24) is 0 Å². The van der Waals surface area contributed by atoms with Gasteiger partial charge < -0.3 is 5.73 Å². The van der Waals surface area contributed by atoms with Gasteiger partial charge in [0.2, 0.25) is 0 Å². The van der Waals surface area contributed by atoms with Crippen LogP contribution in [0, 0.1) is 5.92 Å². The number of fused-ring (bicyclic) bond motifs is 1. The molecule has 2 rings (SSSR count). The molecule has 0 fully saturated rings. The van der Waals surface area contributed by atoms with Crippen molar-refractivity contribution in [3.8, 4) is 0 Å². The van der Waals surface area contributed by atoms with Gasteiger partial charge in [-0.05, 0) is 74.6 Å². The Kier molecular flexibility index (Phi) is 7.28. The molecular formula is C19H30N2OS. The maximum atomic E-state index is 11.7. The van der Waals surface area contributed by atoms with Crippen molar-refractivity contribution in [2.75, 3.05) is 6.54 Å². The Hall–Kier alpha value is -1.16. The smallest absolute Gasteiger partial charge is 0.259 e. The maximum absolute atomic E-state index is 11.7. The molecule has 0 saturated heterocycles. The van der Waals surface area contributed by atoms with Crippen LogP contribution in [0.15, 0.2) is 4.99 Å². The summed E-state index contributed by atoms with van der Waals surface area (Å²) in [6, 6.07) is 0. The molecule has 3 nitrogen and oxygen atoms in total. The first-order valence-electron chi connectivity index (χ1n) is 9.05. The summed E-state index contributed by atoms with van der Waals surface area (Å²) in [4.78, 5) is 18.5. The van der Waals surface area contributed by atoms with Crippen LogP contribution in [0.1, 0.15) is 78.0 Å². The number of unbranched alkanes of at least 4 members (excludes halogenated alkanes) is 1. The number of hydrogen-bond acceptors (Lipinski definition) is 3. The molecule has 0 aliphatic heterocycles. The molecule has 2 N–H and O–H groups in total. The lowest BCUT2D eigenvalue weighted by Crippen LogP contribution is -2.12. The molecule has 1 aliphatic rings. The number of amides is 1. The lowest BCUT2D eigenvalue weighted by atomic mass is 9.92. The lowest BCUT2D eigenvalue weighted by molar-refractivity contribution is 0.100. The van der Waals surface area contributed by atoms with Gasteiger partial charge in [-0.1, -0.05) is 20.3 Å². The minimum absolute atomic E-state index is 0.249. The summed E-state index contributed by atoms with van der Waals surface area (Å²) >= 11 is 1.64. The molecule has 1 heterocycles. The van der Waals surface area contributed by atoms with E-state index in [-0.39, 0.29) is 5.91 Å². The average molecular weight is 335 g/mol. The van der Waals surface area contributed by atoms with Gasteiger partial charge in [0, 0.05) is 11.4 Å². The number of primary amides is 1. The predicted octanol–water partition coefficient (Wildman–Crippen LogP) is 4.56. The highest BCUT2D eigenvalue weighted by Crippen LogP contribution is 2.35. The average Bonchev–Trinajstić information content (AvgIpc) is 2.90. The van der Waals surface area contributed by atoms with E-state index < -0.39 is 0 Å². The SMILES string of the molecule is CCCC(C)CN=CCCCc1c(C(N)=O)sc2c1CCCC2. The summed E-state index contributed by atoms with van der Waals surface area (Å²) in [5.74, 6) is 0.433. The zero-order chi connectivity index (χ0) is 16.7. The van der Waals surface area contributed by atoms with Gasteiger partial charge in [-0.2, -0.15) is 0 Å². The number of nitrogens with two attached hydrogens (primary N) is 1. The monoisotopic (exact) mass is 334 g/mol. The molecule has 1 atom stereocenters. The molecule has 1 aromatic heterocycles. The largest absolute Gasteiger partial charge is 0.365 e. The molecule has 0 radical (unpaired) electrons. The Morgan fingerprint density at radius 1 is 1.39 bits per heavy atom. The standard InChI is InChI=1S/C19H30N2OS/c1-3-8-14(2)13-21-12-7-6-10-16-15-9-4-5-11-17(15)23-18(16)19(20)22/h12,14H,3-11,13H2,1-2H3,(H2,20,22). The van der Waals surface area contributed by atoms with Gasteiger partial charge >= 0.3 is 0 Å². The first-order valence-corrected chi connectivity index (χ1v) is 9.86. The first kappa shape index (κ1) is 18.2. The molecule has 1 unspecified atom stereocenters. The van der Waals surface area contributed by atoms with E-state index in [1.165, 1.54) is 41.7 Å². The fraction of sp³-hybridized carbons (Fsp3) is 0.684. The second-order valence-electron chi connectivity index (χ2n) is 6.72. The highest BCUT2D eigenvalue weighted by molar-refractivity contribution is 7.14. The van der Waals surface area contributed by atoms with Gasteiger partial charge in [-0.15, -0.1) is 11.3 Å². The van der Waals surface area contributed by atoms with Crippen molar-refractivity contribution in [1.29, 1.82) is 0 Å². The number of hydrogen-bond donors (Lipinski definition) is 1. The number of aliphatic imine (C=N–C) groups is 1. The van der Waals surface area contributed by atoms with E-state index in [2.05, 4.69) is 25.1 Å². The van der Waals surface area contributed by atoms with E-state index in [0.29, 0.717) is 5.92 Å². The van der Waals surface area contributed by atoms with Crippen LogP contribution in [0.25, 0.3) is 0 Å². The fourth-order valence-electron chi connectivity index (χ4n) is 3.39. The van der Waals surface area contributed by atoms with E-state index in [9.17, 15) is 4.79 Å². The zero-order valence-electron chi connectivity index (χ0n) is 14.6. The third kappa shape index (κ3) is 5.17. The molecule has 1 amide bonds. The molecule has 1 aliphatic carbocycles. The predicted molar refractivity (Wildman–Crippen MR) is 99.8 cm³/mol. The lowest BCUT2D eigenvalue weighted by Gasteiger charge is -2.12. The molecule has 128 valence electrons. The summed E-state index contributed by atoms with van der Waals surface area (Å²) in [7, 11) is 0. The third-order valence-corrected chi connectivity index (χ3v) is 5.94. The van der Waals surface area contributed by atoms with E-state index in [4.69, 9.17) is 5.73 Å². The number of nitrogens with zero attached hydrogens (tertiary/aromatic N) is 1. The maximum Gasteiger partial charge on any atom is 0.259 e. The minimum Gasteiger partial charge on any atom is -0.365 e. The summed E-state index contributed by atoms with van der Waals surface area (Å²) < 4.78 is 0. The normalized spacial score (nSPS) is 15.7. The van der Waals surface area contributed by atoms with Crippen molar-refractivity contribution in [2.24, 2.45) is 16.6 Å². The van der Waals surface area contributed by atoms with Gasteiger partial charge in [0.1, 0.15) is 0 Å². The van der Waals surface area contributed by atoms with E-state index in [0.717, 1.165) is 43.5 Å². The summed E-state index contributed by atoms with van der Waals surface area (Å²) in [5, 5.41) is 0. The van der Waals surface area contributed by atoms with Crippen molar-refractivity contribution in [3.05, 3.63) is 20.9 Å². The van der Waals surface area contributed by atoms with Gasteiger partial charge in [0.15, 0.2) is 0 Å². The van der Waals surface area contributed by atoms with Crippen LogP contribution in [0.2, 0.25) is 0 Å². The third-order valence-electron chi connectivity index (χ3n) is 4.59. The summed E-state index contributed by atoms with van der Waals surface area (Å²) in [6.07, 6.45) is 12.3. The Balaban J connectivity index is 1.87. The molecule has 1 aromatic rings. The van der Waals surface area contributed by atoms with Gasteiger partial charge in [-0.25, -0.2) is 0 Å². The van der Waals surface area contributed by atoms with Crippen LogP contribution >= 0.6 is 11.3 Å². The molecule has 0 bridgehead atoms. The Bertz CT molecular complexity index is 548. The second-order valence-corrected chi connectivity index (χ2v) is 7.82. The molecule has 4 heteroatoms. The molecular weight excluding hydrogens is 304 g/mol. The molecule has 0 aromatic carbocycles. The number of carbonyl (C=O) groups excluding carboxylic acids is 1. The number of thiophene rings is 1. The molecule has 23 heavy (non-hydrogen) atoms. The summed E-state index contributed by atoms with van der Waals surface area (Å²) in [5.41, 5.74) is 8.26.